The van der Waals surface area contributed by atoms with Crippen LogP contribution in [0.1, 0.15) is 15.9 Å². The van der Waals surface area contributed by atoms with Crippen LogP contribution < -0.4 is 0 Å². The molecular weight excluding hydrogens is 420 g/mol. The SMILES string of the molecule is O=C(/C=C/c1ccccc1-c1ccccc1)c1cc(Br)cc(-c2ccccc2)c1. The van der Waals surface area contributed by atoms with Gasteiger partial charge < -0.3 is 0 Å². The van der Waals surface area contributed by atoms with Gasteiger partial charge in [0.1, 0.15) is 0 Å². The Morgan fingerprint density at radius 2 is 1.28 bits per heavy atom. The second-order valence-corrected chi connectivity index (χ2v) is 7.66. The van der Waals surface area contributed by atoms with Crippen molar-refractivity contribution in [1.29, 1.82) is 0 Å². The molecule has 0 amide bonds. The quantitative estimate of drug-likeness (QED) is 0.230. The molecule has 4 rings (SSSR count). The van der Waals surface area contributed by atoms with Crippen molar-refractivity contribution in [3.63, 3.8) is 0 Å². The van der Waals surface area contributed by atoms with Gasteiger partial charge in [0, 0.05) is 10.0 Å². The topological polar surface area (TPSA) is 17.1 Å². The first kappa shape index (κ1) is 19.1. The third kappa shape index (κ3) is 4.61. The number of benzene rings is 4. The summed E-state index contributed by atoms with van der Waals surface area (Å²) < 4.78 is 0.889. The average Bonchev–Trinajstić information content (AvgIpc) is 2.78. The van der Waals surface area contributed by atoms with E-state index in [1.54, 1.807) is 6.08 Å². The lowest BCUT2D eigenvalue weighted by atomic mass is 9.98. The van der Waals surface area contributed by atoms with Crippen molar-refractivity contribution in [2.75, 3.05) is 0 Å². The van der Waals surface area contributed by atoms with Crippen molar-refractivity contribution in [1.82, 2.24) is 0 Å². The number of carbonyl (C=O) groups is 1. The van der Waals surface area contributed by atoms with E-state index in [1.165, 1.54) is 0 Å². The maximum atomic E-state index is 12.9. The first-order valence-corrected chi connectivity index (χ1v) is 10.2. The minimum absolute atomic E-state index is 0.0219. The van der Waals surface area contributed by atoms with Crippen LogP contribution in [0.15, 0.2) is 114 Å². The Labute approximate surface area is 179 Å². The molecule has 4 aromatic carbocycles. The highest BCUT2D eigenvalue weighted by atomic mass is 79.9. The molecule has 0 aliphatic rings. The Bertz CT molecular complexity index is 1160. The smallest absolute Gasteiger partial charge is 0.185 e. The molecule has 0 bridgehead atoms. The van der Waals surface area contributed by atoms with Crippen LogP contribution >= 0.6 is 15.9 Å². The zero-order chi connectivity index (χ0) is 20.1. The summed E-state index contributed by atoms with van der Waals surface area (Å²) in [4.78, 5) is 12.9. The lowest BCUT2D eigenvalue weighted by molar-refractivity contribution is 0.104. The predicted molar refractivity (Wildman–Crippen MR) is 125 cm³/mol. The maximum Gasteiger partial charge on any atom is 0.185 e. The average molecular weight is 439 g/mol. The second kappa shape index (κ2) is 8.85. The van der Waals surface area contributed by atoms with Crippen molar-refractivity contribution in [3.05, 3.63) is 125 Å². The van der Waals surface area contributed by atoms with Crippen LogP contribution in [0.4, 0.5) is 0 Å². The molecule has 0 unspecified atom stereocenters. The van der Waals surface area contributed by atoms with Crippen molar-refractivity contribution < 1.29 is 4.79 Å². The van der Waals surface area contributed by atoms with Gasteiger partial charge in [-0.25, -0.2) is 0 Å². The van der Waals surface area contributed by atoms with E-state index in [4.69, 9.17) is 0 Å². The van der Waals surface area contributed by atoms with Crippen LogP contribution in [0.2, 0.25) is 0 Å². The van der Waals surface area contributed by atoms with Crippen molar-refractivity contribution >= 4 is 27.8 Å². The molecule has 0 fully saturated rings. The Balaban J connectivity index is 1.64. The molecule has 0 aliphatic carbocycles. The Morgan fingerprint density at radius 3 is 2.00 bits per heavy atom. The number of allylic oxidation sites excluding steroid dienone is 1. The van der Waals surface area contributed by atoms with Gasteiger partial charge in [-0.3, -0.25) is 4.79 Å². The van der Waals surface area contributed by atoms with Crippen molar-refractivity contribution in [2.24, 2.45) is 0 Å². The standard InChI is InChI=1S/C27H19BrO/c28-25-18-23(20-9-3-1-4-10-20)17-24(19-25)27(29)16-15-22-13-7-8-14-26(22)21-11-5-2-6-12-21/h1-19H/b16-15+. The number of hydrogen-bond acceptors (Lipinski definition) is 1. The van der Waals surface area contributed by atoms with Gasteiger partial charge in [-0.1, -0.05) is 107 Å². The van der Waals surface area contributed by atoms with E-state index in [0.29, 0.717) is 5.56 Å². The summed E-state index contributed by atoms with van der Waals surface area (Å²) in [5.41, 5.74) is 6.02. The summed E-state index contributed by atoms with van der Waals surface area (Å²) in [7, 11) is 0. The molecule has 0 N–H and O–H groups in total. The molecule has 0 aromatic heterocycles. The number of halogens is 1. The van der Waals surface area contributed by atoms with Gasteiger partial charge in [-0.05, 0) is 52.1 Å². The zero-order valence-corrected chi connectivity index (χ0v) is 17.3. The fourth-order valence-corrected chi connectivity index (χ4v) is 3.81. The van der Waals surface area contributed by atoms with Crippen LogP contribution in [0.5, 0.6) is 0 Å². The molecule has 2 heteroatoms. The Hall–Kier alpha value is -3.23. The Kier molecular flexibility index (Phi) is 5.83. The van der Waals surface area contributed by atoms with E-state index >= 15 is 0 Å². The number of hydrogen-bond donors (Lipinski definition) is 0. The highest BCUT2D eigenvalue weighted by Gasteiger charge is 2.08. The first-order valence-electron chi connectivity index (χ1n) is 9.43. The van der Waals surface area contributed by atoms with Crippen LogP contribution in [0.3, 0.4) is 0 Å². The van der Waals surface area contributed by atoms with E-state index in [1.807, 2.05) is 91.0 Å². The van der Waals surface area contributed by atoms with Gasteiger partial charge >= 0.3 is 0 Å². The molecule has 1 nitrogen and oxygen atoms in total. The van der Waals surface area contributed by atoms with Crippen molar-refractivity contribution in [3.8, 4) is 22.3 Å². The zero-order valence-electron chi connectivity index (χ0n) is 15.8. The van der Waals surface area contributed by atoms with Crippen LogP contribution in [0, 0.1) is 0 Å². The third-order valence-electron chi connectivity index (χ3n) is 4.75. The minimum Gasteiger partial charge on any atom is -0.289 e. The van der Waals surface area contributed by atoms with Crippen LogP contribution in [0.25, 0.3) is 28.3 Å². The van der Waals surface area contributed by atoms with E-state index in [2.05, 4.69) is 34.1 Å². The van der Waals surface area contributed by atoms with Gasteiger partial charge in [0.25, 0.3) is 0 Å². The van der Waals surface area contributed by atoms with Crippen LogP contribution in [-0.2, 0) is 0 Å². The number of rotatable bonds is 5. The summed E-state index contributed by atoms with van der Waals surface area (Å²) in [6.45, 7) is 0. The molecule has 29 heavy (non-hydrogen) atoms. The first-order chi connectivity index (χ1) is 14.2. The maximum absolute atomic E-state index is 12.9. The fourth-order valence-electron chi connectivity index (χ4n) is 3.31. The molecule has 4 aromatic rings. The molecule has 0 radical (unpaired) electrons. The van der Waals surface area contributed by atoms with E-state index < -0.39 is 0 Å². The molecule has 0 saturated heterocycles. The summed E-state index contributed by atoms with van der Waals surface area (Å²) in [5, 5.41) is 0. The van der Waals surface area contributed by atoms with Crippen molar-refractivity contribution in [2.45, 2.75) is 0 Å². The Morgan fingerprint density at radius 1 is 0.655 bits per heavy atom. The summed E-state index contributed by atoms with van der Waals surface area (Å²) in [6, 6.07) is 34.2. The van der Waals surface area contributed by atoms with Gasteiger partial charge in [-0.2, -0.15) is 0 Å². The van der Waals surface area contributed by atoms with Crippen LogP contribution in [-0.4, -0.2) is 5.78 Å². The fraction of sp³-hybridized carbons (Fsp3) is 0. The highest BCUT2D eigenvalue weighted by molar-refractivity contribution is 9.10. The predicted octanol–water partition coefficient (Wildman–Crippen LogP) is 7.68. The van der Waals surface area contributed by atoms with E-state index in [0.717, 1.165) is 32.3 Å². The third-order valence-corrected chi connectivity index (χ3v) is 5.21. The van der Waals surface area contributed by atoms with Gasteiger partial charge in [-0.15, -0.1) is 0 Å². The number of ketones is 1. The monoisotopic (exact) mass is 438 g/mol. The van der Waals surface area contributed by atoms with E-state index in [9.17, 15) is 4.79 Å². The summed E-state index contributed by atoms with van der Waals surface area (Å²) in [5.74, 6) is -0.0219. The molecule has 0 heterocycles. The lowest BCUT2D eigenvalue weighted by Gasteiger charge is -2.07. The normalized spacial score (nSPS) is 10.9. The molecule has 0 atom stereocenters. The molecular formula is C27H19BrO. The lowest BCUT2D eigenvalue weighted by Crippen LogP contribution is -1.95. The molecule has 140 valence electrons. The largest absolute Gasteiger partial charge is 0.289 e. The minimum atomic E-state index is -0.0219. The second-order valence-electron chi connectivity index (χ2n) is 6.75. The summed E-state index contributed by atoms with van der Waals surface area (Å²) in [6.07, 6.45) is 3.55. The highest BCUT2D eigenvalue weighted by Crippen LogP contribution is 2.27. The van der Waals surface area contributed by atoms with E-state index in [-0.39, 0.29) is 5.78 Å². The summed E-state index contributed by atoms with van der Waals surface area (Å²) >= 11 is 3.54. The van der Waals surface area contributed by atoms with Gasteiger partial charge in [0.15, 0.2) is 5.78 Å². The van der Waals surface area contributed by atoms with Gasteiger partial charge in [0.2, 0.25) is 0 Å². The number of carbonyl (C=O) groups excluding carboxylic acids is 1. The molecule has 0 saturated carbocycles. The molecule has 0 spiro atoms. The van der Waals surface area contributed by atoms with Gasteiger partial charge in [0.05, 0.1) is 0 Å². The molecule has 0 aliphatic heterocycles.